The first-order valence-electron chi connectivity index (χ1n) is 13.8. The van der Waals surface area contributed by atoms with Gasteiger partial charge in [0, 0.05) is 0 Å². The third-order valence-electron chi connectivity index (χ3n) is 9.61. The molecule has 186 valence electrons. The Balaban J connectivity index is 1.08. The fourth-order valence-electron chi connectivity index (χ4n) is 8.27. The molecule has 0 N–H and O–H groups in total. The van der Waals surface area contributed by atoms with Crippen LogP contribution >= 0.6 is 0 Å². The maximum Gasteiger partial charge on any atom is 0.317 e. The van der Waals surface area contributed by atoms with Crippen LogP contribution in [0.3, 0.4) is 0 Å². The zero-order chi connectivity index (χ0) is 22.4. The van der Waals surface area contributed by atoms with Gasteiger partial charge in [0.05, 0.1) is 36.6 Å². The molecule has 3 saturated carbocycles. The molecular weight excluding hydrogens is 469 g/mol. The first-order chi connectivity index (χ1) is 15.8. The zero-order valence-corrected chi connectivity index (χ0v) is 23.6. The van der Waals surface area contributed by atoms with Crippen LogP contribution in [0.1, 0.15) is 57.8 Å². The quantitative estimate of drug-likeness (QED) is 0.371. The van der Waals surface area contributed by atoms with Crippen LogP contribution in [-0.2, 0) is 26.6 Å². The third-order valence-corrected chi connectivity index (χ3v) is 23.9. The lowest BCUT2D eigenvalue weighted by molar-refractivity contribution is 0.200. The molecule has 0 aromatic rings. The topological polar surface area (TPSA) is 65.3 Å². The van der Waals surface area contributed by atoms with Gasteiger partial charge in [-0.1, -0.05) is 0 Å². The van der Waals surface area contributed by atoms with Crippen molar-refractivity contribution in [2.45, 2.75) is 132 Å². The van der Waals surface area contributed by atoms with E-state index in [-0.39, 0.29) is 0 Å². The monoisotopic (exact) mass is 510 g/mol. The number of hydrogen-bond acceptors (Lipinski definition) is 6. The maximum absolute atomic E-state index is 7.14. The molecule has 0 aromatic heterocycles. The highest BCUT2D eigenvalue weighted by Crippen LogP contribution is 2.49. The van der Waals surface area contributed by atoms with E-state index in [4.69, 9.17) is 26.6 Å². The van der Waals surface area contributed by atoms with Crippen molar-refractivity contribution in [2.24, 2.45) is 17.8 Å². The van der Waals surface area contributed by atoms with Gasteiger partial charge in [-0.3, -0.25) is 0 Å². The number of epoxide rings is 3. The van der Waals surface area contributed by atoms with Crippen molar-refractivity contribution in [2.75, 3.05) is 0 Å². The summed E-state index contributed by atoms with van der Waals surface area (Å²) in [5, 5.41) is 0. The molecule has 9 heteroatoms. The Hall–Kier alpha value is 0.411. The Bertz CT molecular complexity index is 677. The van der Waals surface area contributed by atoms with E-state index < -0.39 is 25.7 Å². The summed E-state index contributed by atoms with van der Waals surface area (Å²) >= 11 is 0. The van der Waals surface area contributed by atoms with Crippen molar-refractivity contribution >= 4 is 25.7 Å². The van der Waals surface area contributed by atoms with Crippen LogP contribution in [0.5, 0.6) is 0 Å². The van der Waals surface area contributed by atoms with Gasteiger partial charge in [-0.15, -0.1) is 0 Å². The summed E-state index contributed by atoms with van der Waals surface area (Å²) in [4.78, 5) is 0. The lowest BCUT2D eigenvalue weighted by Gasteiger charge is -2.52. The molecule has 4 heterocycles. The van der Waals surface area contributed by atoms with E-state index in [0.29, 0.717) is 54.4 Å². The molecule has 4 saturated heterocycles. The molecule has 0 amide bonds. The second kappa shape index (κ2) is 7.95. The summed E-state index contributed by atoms with van der Waals surface area (Å²) in [6, 6.07) is 3.39. The second-order valence-corrected chi connectivity index (χ2v) is 23.5. The molecule has 9 atom stereocenters. The Morgan fingerprint density at radius 1 is 0.455 bits per heavy atom. The van der Waals surface area contributed by atoms with Crippen molar-refractivity contribution in [3.8, 4) is 0 Å². The van der Waals surface area contributed by atoms with Gasteiger partial charge < -0.3 is 26.6 Å². The molecule has 0 bridgehead atoms. The van der Waals surface area contributed by atoms with Crippen molar-refractivity contribution in [3.05, 3.63) is 0 Å². The van der Waals surface area contributed by atoms with Crippen molar-refractivity contribution < 1.29 is 26.6 Å². The van der Waals surface area contributed by atoms with E-state index in [9.17, 15) is 0 Å². The van der Waals surface area contributed by atoms with Gasteiger partial charge in [-0.05, 0) is 113 Å². The van der Waals surface area contributed by atoms with E-state index in [1.807, 2.05) is 0 Å². The summed E-state index contributed by atoms with van der Waals surface area (Å²) in [7, 11) is -6.92. The molecule has 0 radical (unpaired) electrons. The Morgan fingerprint density at radius 3 is 1.03 bits per heavy atom. The van der Waals surface area contributed by atoms with E-state index in [1.54, 1.807) is 0 Å². The summed E-state index contributed by atoms with van der Waals surface area (Å²) in [6.07, 6.45) is 14.4. The molecule has 0 aromatic carbocycles. The summed E-state index contributed by atoms with van der Waals surface area (Å²) in [6.45, 7) is 7.15. The highest BCUT2D eigenvalue weighted by Gasteiger charge is 2.60. The highest BCUT2D eigenvalue weighted by atomic mass is 28.5. The molecule has 0 spiro atoms. The number of rotatable bonds is 6. The minimum absolute atomic E-state index is 0.524. The van der Waals surface area contributed by atoms with Crippen LogP contribution in [0.25, 0.3) is 0 Å². The van der Waals surface area contributed by atoms with Crippen LogP contribution in [0, 0.1) is 17.8 Å². The van der Waals surface area contributed by atoms with E-state index >= 15 is 0 Å². The van der Waals surface area contributed by atoms with Gasteiger partial charge in [-0.2, -0.15) is 0 Å². The van der Waals surface area contributed by atoms with Crippen molar-refractivity contribution in [1.82, 2.24) is 0 Å². The van der Waals surface area contributed by atoms with Gasteiger partial charge in [0.15, 0.2) is 0 Å². The van der Waals surface area contributed by atoms with Crippen LogP contribution in [0.2, 0.25) is 37.8 Å². The average Bonchev–Trinajstić information content (AvgIpc) is 3.59. The lowest BCUT2D eigenvalue weighted by Crippen LogP contribution is -2.68. The predicted molar refractivity (Wildman–Crippen MR) is 131 cm³/mol. The molecule has 7 aliphatic rings. The molecule has 6 nitrogen and oxygen atoms in total. The largest absolute Gasteiger partial charge is 0.416 e. The van der Waals surface area contributed by atoms with Gasteiger partial charge in [0.2, 0.25) is 0 Å². The third kappa shape index (κ3) is 4.88. The predicted octanol–water partition coefficient (Wildman–Crippen LogP) is 4.97. The standard InChI is InChI=1S/C24H42O6Si3/c1-31(13-16-4-7-19-22(10-16)25-19)28-32(2,14-17-5-8-20-23(11-17)26-20)30-33(3,29-31)15-18-6-9-21-24(12-18)27-21/h16-24H,4-15H2,1-3H3. The van der Waals surface area contributed by atoms with Crippen LogP contribution in [-0.4, -0.2) is 62.3 Å². The fourth-order valence-corrected chi connectivity index (χ4v) is 27.1. The Kier molecular flexibility index (Phi) is 5.45. The Morgan fingerprint density at radius 2 is 0.758 bits per heavy atom. The first kappa shape index (κ1) is 22.6. The molecule has 7 rings (SSSR count). The smallest absolute Gasteiger partial charge is 0.317 e. The highest BCUT2D eigenvalue weighted by molar-refractivity contribution is 6.93. The van der Waals surface area contributed by atoms with Gasteiger partial charge in [0.1, 0.15) is 0 Å². The number of hydrogen-bond donors (Lipinski definition) is 0. The summed E-state index contributed by atoms with van der Waals surface area (Å²) in [5.74, 6) is 2.10. The molecule has 7 fully saturated rings. The SMILES string of the molecule is C[Si]1(CC2CCC3OC3C2)O[Si](C)(CC2CCC3OC3C2)O[Si](C)(CC2CCC3OC3C2)O1. The van der Waals surface area contributed by atoms with Gasteiger partial charge >= 0.3 is 25.7 Å². The normalized spacial score (nSPS) is 59.2. The molecule has 9 unspecified atom stereocenters. The number of fused-ring (bicyclic) bond motifs is 3. The van der Waals surface area contributed by atoms with Crippen molar-refractivity contribution in [1.29, 1.82) is 0 Å². The van der Waals surface area contributed by atoms with Gasteiger partial charge in [-0.25, -0.2) is 0 Å². The summed E-state index contributed by atoms with van der Waals surface area (Å²) in [5.41, 5.74) is 0. The second-order valence-electron chi connectivity index (χ2n) is 13.0. The summed E-state index contributed by atoms with van der Waals surface area (Å²) < 4.78 is 39.0. The van der Waals surface area contributed by atoms with E-state index in [1.165, 1.54) is 57.8 Å². The maximum atomic E-state index is 7.14. The van der Waals surface area contributed by atoms with Crippen LogP contribution in [0.4, 0.5) is 0 Å². The van der Waals surface area contributed by atoms with Crippen LogP contribution < -0.4 is 0 Å². The average molecular weight is 511 g/mol. The Labute approximate surface area is 202 Å². The van der Waals surface area contributed by atoms with E-state index in [2.05, 4.69) is 19.6 Å². The zero-order valence-electron chi connectivity index (χ0n) is 20.6. The van der Waals surface area contributed by atoms with Gasteiger partial charge in [0.25, 0.3) is 0 Å². The lowest BCUT2D eigenvalue weighted by atomic mass is 9.91. The fraction of sp³-hybridized carbons (Fsp3) is 1.00. The number of ether oxygens (including phenoxy) is 3. The molecule has 33 heavy (non-hydrogen) atoms. The minimum atomic E-state index is -2.31. The van der Waals surface area contributed by atoms with Crippen molar-refractivity contribution in [3.63, 3.8) is 0 Å². The molecular formula is C24H42O6Si3. The molecule has 4 aliphatic heterocycles. The minimum Gasteiger partial charge on any atom is -0.416 e. The first-order valence-corrected chi connectivity index (χ1v) is 21.4. The van der Waals surface area contributed by atoms with Crippen LogP contribution in [0.15, 0.2) is 0 Å². The van der Waals surface area contributed by atoms with E-state index in [0.717, 1.165) is 18.1 Å². The molecule has 3 aliphatic carbocycles.